The van der Waals surface area contributed by atoms with E-state index in [2.05, 4.69) is 15.3 Å². The van der Waals surface area contributed by atoms with Crippen molar-refractivity contribution < 1.29 is 4.79 Å². The van der Waals surface area contributed by atoms with Gasteiger partial charge in [0.05, 0.1) is 18.6 Å². The molecule has 1 N–H and O–H groups in total. The van der Waals surface area contributed by atoms with Crippen molar-refractivity contribution in [3.63, 3.8) is 0 Å². The molecule has 128 valence electrons. The highest BCUT2D eigenvalue weighted by Gasteiger charge is 2.12. The van der Waals surface area contributed by atoms with E-state index in [1.807, 2.05) is 60.2 Å². The minimum absolute atomic E-state index is 0.0961. The molecule has 0 atom stereocenters. The lowest BCUT2D eigenvalue weighted by atomic mass is 10.2. The summed E-state index contributed by atoms with van der Waals surface area (Å²) in [7, 11) is 0. The molecule has 3 rings (SSSR count). The zero-order valence-electron chi connectivity index (χ0n) is 14.2. The molecule has 3 aromatic rings. The number of rotatable bonds is 6. The maximum atomic E-state index is 12.4. The number of nitrogens with zero attached hydrogens (tertiary/aromatic N) is 4. The number of carbonyl (C=O) groups is 1. The minimum atomic E-state index is -0.0961. The third-order valence-electron chi connectivity index (χ3n) is 3.90. The second-order valence-corrected chi connectivity index (χ2v) is 5.63. The Morgan fingerprint density at radius 2 is 2.12 bits per heavy atom. The molecular weight excluding hydrogens is 314 g/mol. The number of hydrogen-bond donors (Lipinski definition) is 1. The van der Waals surface area contributed by atoms with E-state index in [4.69, 9.17) is 0 Å². The normalized spacial score (nSPS) is 10.4. The van der Waals surface area contributed by atoms with Gasteiger partial charge >= 0.3 is 6.03 Å². The Balaban J connectivity index is 1.60. The van der Waals surface area contributed by atoms with Crippen molar-refractivity contribution in [1.82, 2.24) is 24.8 Å². The van der Waals surface area contributed by atoms with Gasteiger partial charge in [-0.15, -0.1) is 0 Å². The first-order chi connectivity index (χ1) is 12.3. The maximum Gasteiger partial charge on any atom is 0.318 e. The van der Waals surface area contributed by atoms with Gasteiger partial charge in [0.15, 0.2) is 0 Å². The topological polar surface area (TPSA) is 63.1 Å². The first-order valence-electron chi connectivity index (χ1n) is 8.26. The molecule has 0 aliphatic carbocycles. The number of benzene rings is 1. The Morgan fingerprint density at radius 1 is 1.20 bits per heavy atom. The lowest BCUT2D eigenvalue weighted by molar-refractivity contribution is 0.197. The molecule has 0 saturated carbocycles. The molecule has 6 nitrogen and oxygen atoms in total. The molecule has 0 spiro atoms. The zero-order chi connectivity index (χ0) is 17.5. The van der Waals surface area contributed by atoms with Crippen LogP contribution in [0.4, 0.5) is 4.79 Å². The lowest BCUT2D eigenvalue weighted by Crippen LogP contribution is -2.39. The Morgan fingerprint density at radius 3 is 2.84 bits per heavy atom. The summed E-state index contributed by atoms with van der Waals surface area (Å²) in [5.41, 5.74) is 2.93. The van der Waals surface area contributed by atoms with Crippen LogP contribution >= 0.6 is 0 Å². The first-order valence-corrected chi connectivity index (χ1v) is 8.26. The molecule has 0 unspecified atom stereocenters. The van der Waals surface area contributed by atoms with E-state index in [1.54, 1.807) is 23.6 Å². The summed E-state index contributed by atoms with van der Waals surface area (Å²) in [6.07, 6.45) is 7.13. The van der Waals surface area contributed by atoms with Crippen LogP contribution in [0.25, 0.3) is 5.69 Å². The number of urea groups is 1. The number of pyridine rings is 1. The van der Waals surface area contributed by atoms with Crippen molar-refractivity contribution in [1.29, 1.82) is 0 Å². The molecule has 0 saturated heterocycles. The molecule has 2 aromatic heterocycles. The van der Waals surface area contributed by atoms with Crippen LogP contribution in [0.3, 0.4) is 0 Å². The molecule has 6 heteroatoms. The quantitative estimate of drug-likeness (QED) is 0.753. The second kappa shape index (κ2) is 8.10. The van der Waals surface area contributed by atoms with Crippen molar-refractivity contribution in [3.8, 4) is 5.69 Å². The fourth-order valence-electron chi connectivity index (χ4n) is 2.54. The smallest absolute Gasteiger partial charge is 0.318 e. The van der Waals surface area contributed by atoms with E-state index in [0.29, 0.717) is 19.6 Å². The Labute approximate surface area is 147 Å². The number of aromatic nitrogens is 3. The molecule has 0 fully saturated rings. The SMILES string of the molecule is CCN(Cc1ccccn1)C(=O)NCc1cccc(-n2ccnc2)c1. The van der Waals surface area contributed by atoms with Gasteiger partial charge in [0.2, 0.25) is 0 Å². The summed E-state index contributed by atoms with van der Waals surface area (Å²) in [4.78, 5) is 22.5. The summed E-state index contributed by atoms with van der Waals surface area (Å²) in [5.74, 6) is 0. The number of imidazole rings is 1. The standard InChI is InChI=1S/C19H21N5O/c1-2-23(14-17-7-3-4-9-21-17)19(25)22-13-16-6-5-8-18(12-16)24-11-10-20-15-24/h3-12,15H,2,13-14H2,1H3,(H,22,25). The van der Waals surface area contributed by atoms with Gasteiger partial charge in [-0.2, -0.15) is 0 Å². The van der Waals surface area contributed by atoms with Gasteiger partial charge < -0.3 is 14.8 Å². The highest BCUT2D eigenvalue weighted by Crippen LogP contribution is 2.10. The number of carbonyl (C=O) groups excluding carboxylic acids is 1. The van der Waals surface area contributed by atoms with Crippen molar-refractivity contribution in [2.45, 2.75) is 20.0 Å². The fraction of sp³-hybridized carbons (Fsp3) is 0.211. The highest BCUT2D eigenvalue weighted by atomic mass is 16.2. The Bertz CT molecular complexity index is 802. The van der Waals surface area contributed by atoms with Crippen molar-refractivity contribution in [3.05, 3.63) is 78.6 Å². The van der Waals surface area contributed by atoms with Crippen LogP contribution in [-0.4, -0.2) is 32.0 Å². The second-order valence-electron chi connectivity index (χ2n) is 5.63. The van der Waals surface area contributed by atoms with E-state index in [9.17, 15) is 4.79 Å². The molecule has 25 heavy (non-hydrogen) atoms. The first kappa shape index (κ1) is 16.7. The summed E-state index contributed by atoms with van der Waals surface area (Å²) in [6.45, 7) is 3.55. The van der Waals surface area contributed by atoms with Crippen LogP contribution in [0.15, 0.2) is 67.4 Å². The molecule has 0 radical (unpaired) electrons. The highest BCUT2D eigenvalue weighted by molar-refractivity contribution is 5.74. The van der Waals surface area contributed by atoms with Crippen LogP contribution in [0.1, 0.15) is 18.2 Å². The van der Waals surface area contributed by atoms with Gasteiger partial charge in [-0.05, 0) is 36.8 Å². The lowest BCUT2D eigenvalue weighted by Gasteiger charge is -2.21. The summed E-state index contributed by atoms with van der Waals surface area (Å²) in [6, 6.07) is 13.6. The van der Waals surface area contributed by atoms with E-state index in [0.717, 1.165) is 16.9 Å². The molecule has 0 aliphatic heterocycles. The van der Waals surface area contributed by atoms with Crippen LogP contribution in [-0.2, 0) is 13.1 Å². The summed E-state index contributed by atoms with van der Waals surface area (Å²) >= 11 is 0. The third kappa shape index (κ3) is 4.44. The van der Waals surface area contributed by atoms with Crippen LogP contribution in [0.5, 0.6) is 0 Å². The van der Waals surface area contributed by atoms with E-state index < -0.39 is 0 Å². The van der Waals surface area contributed by atoms with Gasteiger partial charge in [0.25, 0.3) is 0 Å². The van der Waals surface area contributed by atoms with Crippen LogP contribution in [0.2, 0.25) is 0 Å². The molecule has 2 amide bonds. The maximum absolute atomic E-state index is 12.4. The van der Waals surface area contributed by atoms with Crippen LogP contribution < -0.4 is 5.32 Å². The monoisotopic (exact) mass is 335 g/mol. The van der Waals surface area contributed by atoms with Crippen LogP contribution in [0, 0.1) is 0 Å². The van der Waals surface area contributed by atoms with Gasteiger partial charge in [-0.3, -0.25) is 4.98 Å². The fourth-order valence-corrected chi connectivity index (χ4v) is 2.54. The number of hydrogen-bond acceptors (Lipinski definition) is 3. The van der Waals surface area contributed by atoms with E-state index in [1.165, 1.54) is 0 Å². The van der Waals surface area contributed by atoms with Gasteiger partial charge in [0, 0.05) is 37.4 Å². The number of nitrogens with one attached hydrogen (secondary N) is 1. The predicted octanol–water partition coefficient (Wildman–Crippen LogP) is 3.00. The average Bonchev–Trinajstić information content (AvgIpc) is 3.20. The van der Waals surface area contributed by atoms with E-state index >= 15 is 0 Å². The van der Waals surface area contributed by atoms with Crippen molar-refractivity contribution in [2.75, 3.05) is 6.54 Å². The Kier molecular flexibility index (Phi) is 5.41. The van der Waals surface area contributed by atoms with Gasteiger partial charge in [-0.1, -0.05) is 18.2 Å². The zero-order valence-corrected chi connectivity index (χ0v) is 14.2. The molecular formula is C19H21N5O. The third-order valence-corrected chi connectivity index (χ3v) is 3.90. The van der Waals surface area contributed by atoms with Gasteiger partial charge in [-0.25, -0.2) is 9.78 Å². The summed E-state index contributed by atoms with van der Waals surface area (Å²) in [5, 5.41) is 2.98. The molecule has 2 heterocycles. The van der Waals surface area contributed by atoms with Gasteiger partial charge in [0.1, 0.15) is 0 Å². The van der Waals surface area contributed by atoms with Crippen molar-refractivity contribution >= 4 is 6.03 Å². The average molecular weight is 335 g/mol. The summed E-state index contributed by atoms with van der Waals surface area (Å²) < 4.78 is 1.94. The van der Waals surface area contributed by atoms with Crippen molar-refractivity contribution in [2.24, 2.45) is 0 Å². The molecule has 0 aliphatic rings. The predicted molar refractivity (Wildman–Crippen MR) is 96.1 cm³/mol. The number of amides is 2. The molecule has 0 bridgehead atoms. The Hall–Kier alpha value is -3.15. The largest absolute Gasteiger partial charge is 0.334 e. The molecule has 1 aromatic carbocycles. The van der Waals surface area contributed by atoms with E-state index in [-0.39, 0.29) is 6.03 Å². The minimum Gasteiger partial charge on any atom is -0.334 e.